The molecule has 0 aliphatic heterocycles. The number of aromatic nitrogens is 2. The molecule has 2 rings (SSSR count). The van der Waals surface area contributed by atoms with Gasteiger partial charge in [0.15, 0.2) is 5.15 Å². The van der Waals surface area contributed by atoms with Crippen molar-refractivity contribution in [3.63, 3.8) is 0 Å². The number of hydrogen-bond acceptors (Lipinski definition) is 2. The van der Waals surface area contributed by atoms with Crippen molar-refractivity contribution in [2.45, 2.75) is 5.03 Å². The predicted octanol–water partition coefficient (Wildman–Crippen LogP) is 2.71. The van der Waals surface area contributed by atoms with E-state index < -0.39 is 0 Å². The van der Waals surface area contributed by atoms with Gasteiger partial charge in [-0.25, -0.2) is 4.98 Å². The fourth-order valence-corrected chi connectivity index (χ4v) is 1.85. The van der Waals surface area contributed by atoms with Crippen molar-refractivity contribution in [1.29, 1.82) is 0 Å². The number of fused-ring (bicyclic) bond motifs is 1. The Balaban J connectivity index is 2.82. The zero-order chi connectivity index (χ0) is 8.55. The average Bonchev–Trinajstić information content (AvgIpc) is 2.54. The van der Waals surface area contributed by atoms with E-state index in [4.69, 9.17) is 11.6 Å². The van der Waals surface area contributed by atoms with Gasteiger partial charge in [-0.3, -0.25) is 0 Å². The first-order chi connectivity index (χ1) is 5.83. The van der Waals surface area contributed by atoms with Crippen molar-refractivity contribution in [2.24, 2.45) is 0 Å². The monoisotopic (exact) mass is 198 g/mol. The van der Waals surface area contributed by atoms with Crippen LogP contribution in [0.4, 0.5) is 0 Å². The standard InChI is InChI=1S/C8H7ClN2S/c1-12-7-5-10-8(9)6-3-2-4-11(6)7/h2-5H,1H3. The molecule has 0 amide bonds. The first-order valence-corrected chi connectivity index (χ1v) is 5.09. The van der Waals surface area contributed by atoms with Crippen molar-refractivity contribution in [1.82, 2.24) is 9.38 Å². The molecule has 2 aromatic heterocycles. The summed E-state index contributed by atoms with van der Waals surface area (Å²) in [4.78, 5) is 4.07. The molecule has 0 atom stereocenters. The Bertz CT molecular complexity index is 410. The molecule has 0 saturated carbocycles. The van der Waals surface area contributed by atoms with Crippen LogP contribution < -0.4 is 0 Å². The van der Waals surface area contributed by atoms with E-state index >= 15 is 0 Å². The summed E-state index contributed by atoms with van der Waals surface area (Å²) in [5, 5.41) is 1.65. The summed E-state index contributed by atoms with van der Waals surface area (Å²) in [5.41, 5.74) is 0.962. The minimum absolute atomic E-state index is 0.554. The molecular weight excluding hydrogens is 192 g/mol. The third kappa shape index (κ3) is 1.09. The molecule has 2 nitrogen and oxygen atoms in total. The maximum atomic E-state index is 5.89. The van der Waals surface area contributed by atoms with Crippen molar-refractivity contribution < 1.29 is 0 Å². The maximum absolute atomic E-state index is 5.89. The molecule has 0 aliphatic carbocycles. The molecule has 0 fully saturated rings. The molecule has 12 heavy (non-hydrogen) atoms. The van der Waals surface area contributed by atoms with E-state index in [1.807, 2.05) is 29.0 Å². The number of nitrogens with zero attached hydrogens (tertiary/aromatic N) is 2. The van der Waals surface area contributed by atoms with E-state index in [2.05, 4.69) is 4.98 Å². The number of hydrogen-bond donors (Lipinski definition) is 0. The number of halogens is 1. The first kappa shape index (κ1) is 7.95. The molecule has 0 aromatic carbocycles. The number of thioether (sulfide) groups is 1. The molecule has 0 saturated heterocycles. The Morgan fingerprint density at radius 1 is 1.58 bits per heavy atom. The van der Waals surface area contributed by atoms with Crippen LogP contribution in [-0.2, 0) is 0 Å². The van der Waals surface area contributed by atoms with Crippen LogP contribution >= 0.6 is 23.4 Å². The normalized spacial score (nSPS) is 10.8. The third-order valence-corrected chi connectivity index (χ3v) is 2.71. The lowest BCUT2D eigenvalue weighted by molar-refractivity contribution is 0.991. The van der Waals surface area contributed by atoms with Crippen LogP contribution in [-0.4, -0.2) is 15.6 Å². The Morgan fingerprint density at radius 2 is 2.42 bits per heavy atom. The molecular formula is C8H7ClN2S. The van der Waals surface area contributed by atoms with E-state index in [0.717, 1.165) is 10.5 Å². The van der Waals surface area contributed by atoms with Crippen LogP contribution in [0.2, 0.25) is 5.15 Å². The summed E-state index contributed by atoms with van der Waals surface area (Å²) in [6.07, 6.45) is 5.78. The minimum Gasteiger partial charge on any atom is -0.307 e. The predicted molar refractivity (Wildman–Crippen MR) is 52.0 cm³/mol. The molecule has 0 aliphatic rings. The Hall–Kier alpha value is -0.670. The summed E-state index contributed by atoms with van der Waals surface area (Å²) in [5.74, 6) is 0. The third-order valence-electron chi connectivity index (χ3n) is 1.70. The van der Waals surface area contributed by atoms with Crippen molar-refractivity contribution >= 4 is 28.9 Å². The van der Waals surface area contributed by atoms with Crippen LogP contribution in [0.5, 0.6) is 0 Å². The minimum atomic E-state index is 0.554. The molecule has 2 aromatic rings. The fourth-order valence-electron chi connectivity index (χ4n) is 1.13. The lowest BCUT2D eigenvalue weighted by Crippen LogP contribution is -1.89. The van der Waals surface area contributed by atoms with E-state index in [-0.39, 0.29) is 0 Å². The largest absolute Gasteiger partial charge is 0.307 e. The van der Waals surface area contributed by atoms with Crippen LogP contribution in [0.25, 0.3) is 5.52 Å². The van der Waals surface area contributed by atoms with Gasteiger partial charge in [0.2, 0.25) is 0 Å². The van der Waals surface area contributed by atoms with Gasteiger partial charge < -0.3 is 4.40 Å². The summed E-state index contributed by atoms with van der Waals surface area (Å²) in [6, 6.07) is 3.91. The lowest BCUT2D eigenvalue weighted by atomic mass is 10.5. The van der Waals surface area contributed by atoms with Crippen molar-refractivity contribution in [2.75, 3.05) is 6.26 Å². The highest BCUT2D eigenvalue weighted by Gasteiger charge is 2.02. The molecule has 62 valence electrons. The quantitative estimate of drug-likeness (QED) is 0.656. The van der Waals surface area contributed by atoms with Gasteiger partial charge in [-0.15, -0.1) is 11.8 Å². The van der Waals surface area contributed by atoms with Crippen LogP contribution in [0, 0.1) is 0 Å². The summed E-state index contributed by atoms with van der Waals surface area (Å²) in [6.45, 7) is 0. The Labute approximate surface area is 79.6 Å². The molecule has 0 unspecified atom stereocenters. The van der Waals surface area contributed by atoms with Gasteiger partial charge in [-0.2, -0.15) is 0 Å². The van der Waals surface area contributed by atoms with Crippen LogP contribution in [0.1, 0.15) is 0 Å². The van der Waals surface area contributed by atoms with Crippen molar-refractivity contribution in [3.8, 4) is 0 Å². The SMILES string of the molecule is CSc1cnc(Cl)c2cccn12. The van der Waals surface area contributed by atoms with Crippen LogP contribution in [0.15, 0.2) is 29.6 Å². The molecule has 2 heterocycles. The van der Waals surface area contributed by atoms with E-state index in [9.17, 15) is 0 Å². The van der Waals surface area contributed by atoms with E-state index in [0.29, 0.717) is 5.15 Å². The highest BCUT2D eigenvalue weighted by atomic mass is 35.5. The van der Waals surface area contributed by atoms with Gasteiger partial charge >= 0.3 is 0 Å². The fraction of sp³-hybridized carbons (Fsp3) is 0.125. The highest BCUT2D eigenvalue weighted by Crippen LogP contribution is 2.21. The summed E-state index contributed by atoms with van der Waals surface area (Å²) < 4.78 is 2.03. The number of rotatable bonds is 1. The Morgan fingerprint density at radius 3 is 3.17 bits per heavy atom. The average molecular weight is 199 g/mol. The van der Waals surface area contributed by atoms with Gasteiger partial charge in [-0.05, 0) is 18.4 Å². The van der Waals surface area contributed by atoms with Gasteiger partial charge in [-0.1, -0.05) is 11.6 Å². The second-order valence-corrected chi connectivity index (χ2v) is 3.54. The molecule has 0 bridgehead atoms. The van der Waals surface area contributed by atoms with Crippen LogP contribution in [0.3, 0.4) is 0 Å². The van der Waals surface area contributed by atoms with Gasteiger partial charge in [0.25, 0.3) is 0 Å². The van der Waals surface area contributed by atoms with Crippen molar-refractivity contribution in [3.05, 3.63) is 29.7 Å². The van der Waals surface area contributed by atoms with E-state index in [1.54, 1.807) is 18.0 Å². The Kier molecular flexibility index (Phi) is 1.98. The molecule has 4 heteroatoms. The van der Waals surface area contributed by atoms with Gasteiger partial charge in [0, 0.05) is 6.20 Å². The first-order valence-electron chi connectivity index (χ1n) is 3.48. The lowest BCUT2D eigenvalue weighted by Gasteiger charge is -2.02. The van der Waals surface area contributed by atoms with Gasteiger partial charge in [0.1, 0.15) is 0 Å². The summed E-state index contributed by atoms with van der Waals surface area (Å²) >= 11 is 7.54. The van der Waals surface area contributed by atoms with E-state index in [1.165, 1.54) is 0 Å². The topological polar surface area (TPSA) is 17.3 Å². The molecule has 0 N–H and O–H groups in total. The summed E-state index contributed by atoms with van der Waals surface area (Å²) in [7, 11) is 0. The second kappa shape index (κ2) is 2.99. The highest BCUT2D eigenvalue weighted by molar-refractivity contribution is 7.98. The van der Waals surface area contributed by atoms with Gasteiger partial charge in [0.05, 0.1) is 16.7 Å². The smallest absolute Gasteiger partial charge is 0.153 e. The molecule has 0 radical (unpaired) electrons. The molecule has 0 spiro atoms. The second-order valence-electron chi connectivity index (χ2n) is 2.35. The zero-order valence-electron chi connectivity index (χ0n) is 6.49. The zero-order valence-corrected chi connectivity index (χ0v) is 8.06. The maximum Gasteiger partial charge on any atom is 0.153 e.